The second-order valence-corrected chi connectivity index (χ2v) is 5.99. The number of hydrogen-bond donors (Lipinski definition) is 1. The highest BCUT2D eigenvalue weighted by atomic mass is 16.5. The van der Waals surface area contributed by atoms with Crippen LogP contribution in [0.4, 0.5) is 11.4 Å². The Labute approximate surface area is 152 Å². The summed E-state index contributed by atoms with van der Waals surface area (Å²) in [5, 5.41) is 2.70. The zero-order valence-electron chi connectivity index (χ0n) is 15.3. The second-order valence-electron chi connectivity index (χ2n) is 5.99. The molecule has 0 unspecified atom stereocenters. The summed E-state index contributed by atoms with van der Waals surface area (Å²) in [7, 11) is 1.29. The Balaban J connectivity index is 2.14. The van der Waals surface area contributed by atoms with Gasteiger partial charge in [-0.2, -0.15) is 0 Å². The zero-order valence-corrected chi connectivity index (χ0v) is 15.3. The van der Waals surface area contributed by atoms with E-state index in [2.05, 4.69) is 10.1 Å². The van der Waals surface area contributed by atoms with Crippen molar-refractivity contribution in [2.75, 3.05) is 23.9 Å². The van der Waals surface area contributed by atoms with Crippen LogP contribution < -0.4 is 10.2 Å². The van der Waals surface area contributed by atoms with Gasteiger partial charge in [-0.15, -0.1) is 0 Å². The standard InChI is InChI=1S/C20H22N2O4/c1-13-8-9-18(10-14(13)2)22(15(3)23)12-19(24)21-17-7-5-6-16(11-17)20(25)26-4/h5-11H,12H2,1-4H3,(H,21,24). The molecule has 0 aromatic heterocycles. The lowest BCUT2D eigenvalue weighted by atomic mass is 10.1. The number of aryl methyl sites for hydroxylation is 2. The summed E-state index contributed by atoms with van der Waals surface area (Å²) >= 11 is 0. The van der Waals surface area contributed by atoms with Gasteiger partial charge in [-0.1, -0.05) is 12.1 Å². The van der Waals surface area contributed by atoms with Crippen LogP contribution in [0.1, 0.15) is 28.4 Å². The molecular formula is C20H22N2O4. The molecule has 0 bridgehead atoms. The van der Waals surface area contributed by atoms with Crippen molar-refractivity contribution in [1.29, 1.82) is 0 Å². The van der Waals surface area contributed by atoms with Gasteiger partial charge in [0.1, 0.15) is 6.54 Å². The maximum atomic E-state index is 12.4. The molecule has 1 N–H and O–H groups in total. The molecule has 136 valence electrons. The van der Waals surface area contributed by atoms with Gasteiger partial charge in [-0.25, -0.2) is 4.79 Å². The van der Waals surface area contributed by atoms with Crippen LogP contribution in [0.25, 0.3) is 0 Å². The van der Waals surface area contributed by atoms with Crippen molar-refractivity contribution >= 4 is 29.2 Å². The lowest BCUT2D eigenvalue weighted by Gasteiger charge is -2.21. The number of esters is 1. The fourth-order valence-corrected chi connectivity index (χ4v) is 2.46. The van der Waals surface area contributed by atoms with Crippen LogP contribution in [0.2, 0.25) is 0 Å². The Morgan fingerprint density at radius 3 is 2.38 bits per heavy atom. The predicted molar refractivity (Wildman–Crippen MR) is 100 cm³/mol. The first kappa shape index (κ1) is 19.2. The number of hydrogen-bond acceptors (Lipinski definition) is 4. The molecule has 2 rings (SSSR count). The Bertz CT molecular complexity index is 845. The lowest BCUT2D eigenvalue weighted by molar-refractivity contribution is -0.120. The van der Waals surface area contributed by atoms with E-state index < -0.39 is 5.97 Å². The number of benzene rings is 2. The van der Waals surface area contributed by atoms with E-state index in [4.69, 9.17) is 0 Å². The molecule has 6 heteroatoms. The molecule has 6 nitrogen and oxygen atoms in total. The van der Waals surface area contributed by atoms with E-state index in [0.29, 0.717) is 16.9 Å². The third-order valence-electron chi connectivity index (χ3n) is 4.05. The molecular weight excluding hydrogens is 332 g/mol. The third-order valence-corrected chi connectivity index (χ3v) is 4.05. The molecule has 0 aliphatic rings. The average molecular weight is 354 g/mol. The quantitative estimate of drug-likeness (QED) is 0.837. The number of nitrogens with one attached hydrogen (secondary N) is 1. The first-order valence-electron chi connectivity index (χ1n) is 8.15. The number of ether oxygens (including phenoxy) is 1. The van der Waals surface area contributed by atoms with E-state index in [1.54, 1.807) is 18.2 Å². The van der Waals surface area contributed by atoms with Crippen LogP contribution in [-0.2, 0) is 14.3 Å². The number of carbonyl (C=O) groups is 3. The SMILES string of the molecule is COC(=O)c1cccc(NC(=O)CN(C(C)=O)c2ccc(C)c(C)c2)c1. The van der Waals surface area contributed by atoms with Gasteiger partial charge in [-0.3, -0.25) is 9.59 Å². The van der Waals surface area contributed by atoms with Crippen LogP contribution in [0.5, 0.6) is 0 Å². The fourth-order valence-electron chi connectivity index (χ4n) is 2.46. The molecule has 0 saturated heterocycles. The van der Waals surface area contributed by atoms with Crippen molar-refractivity contribution in [3.8, 4) is 0 Å². The second kappa shape index (κ2) is 8.29. The molecule has 2 aromatic carbocycles. The Kier molecular flexibility index (Phi) is 6.11. The molecule has 0 heterocycles. The molecule has 26 heavy (non-hydrogen) atoms. The summed E-state index contributed by atoms with van der Waals surface area (Å²) in [6.07, 6.45) is 0. The summed E-state index contributed by atoms with van der Waals surface area (Å²) in [6.45, 7) is 5.23. The van der Waals surface area contributed by atoms with Gasteiger partial charge < -0.3 is 15.0 Å². The minimum Gasteiger partial charge on any atom is -0.465 e. The van der Waals surface area contributed by atoms with E-state index in [0.717, 1.165) is 11.1 Å². The fraction of sp³-hybridized carbons (Fsp3) is 0.250. The van der Waals surface area contributed by atoms with E-state index in [9.17, 15) is 14.4 Å². The predicted octanol–water partition coefficient (Wildman–Crippen LogP) is 3.08. The Morgan fingerprint density at radius 2 is 1.77 bits per heavy atom. The van der Waals surface area contributed by atoms with Gasteiger partial charge >= 0.3 is 5.97 Å². The van der Waals surface area contributed by atoms with Gasteiger partial charge in [0.2, 0.25) is 11.8 Å². The van der Waals surface area contributed by atoms with Crippen molar-refractivity contribution in [3.63, 3.8) is 0 Å². The van der Waals surface area contributed by atoms with E-state index >= 15 is 0 Å². The molecule has 0 saturated carbocycles. The molecule has 0 radical (unpaired) electrons. The van der Waals surface area contributed by atoms with Crippen molar-refractivity contribution in [3.05, 3.63) is 59.2 Å². The Hall–Kier alpha value is -3.15. The van der Waals surface area contributed by atoms with Crippen molar-refractivity contribution in [1.82, 2.24) is 0 Å². The van der Waals surface area contributed by atoms with Gasteiger partial charge in [0.05, 0.1) is 12.7 Å². The summed E-state index contributed by atoms with van der Waals surface area (Å²) in [5.74, 6) is -1.08. The summed E-state index contributed by atoms with van der Waals surface area (Å²) in [4.78, 5) is 37.4. The van der Waals surface area contributed by atoms with Gasteiger partial charge in [0.15, 0.2) is 0 Å². The molecule has 2 amide bonds. The van der Waals surface area contributed by atoms with E-state index in [-0.39, 0.29) is 18.4 Å². The largest absolute Gasteiger partial charge is 0.465 e. The summed E-state index contributed by atoms with van der Waals surface area (Å²) in [5.41, 5.74) is 3.62. The third kappa shape index (κ3) is 4.69. The van der Waals surface area contributed by atoms with Gasteiger partial charge in [0, 0.05) is 18.3 Å². The monoisotopic (exact) mass is 354 g/mol. The zero-order chi connectivity index (χ0) is 19.3. The van der Waals surface area contributed by atoms with Gasteiger partial charge in [0.25, 0.3) is 0 Å². The maximum absolute atomic E-state index is 12.4. The van der Waals surface area contributed by atoms with Crippen molar-refractivity contribution < 1.29 is 19.1 Å². The first-order chi connectivity index (χ1) is 12.3. The number of methoxy groups -OCH3 is 1. The molecule has 0 aliphatic heterocycles. The maximum Gasteiger partial charge on any atom is 0.337 e. The minimum atomic E-state index is -0.485. The smallest absolute Gasteiger partial charge is 0.337 e. The minimum absolute atomic E-state index is 0.125. The normalized spacial score (nSPS) is 10.2. The first-order valence-corrected chi connectivity index (χ1v) is 8.15. The highest BCUT2D eigenvalue weighted by molar-refractivity contribution is 6.02. The van der Waals surface area contributed by atoms with E-state index in [1.807, 2.05) is 32.0 Å². The number of rotatable bonds is 5. The van der Waals surface area contributed by atoms with Crippen LogP contribution >= 0.6 is 0 Å². The molecule has 0 spiro atoms. The van der Waals surface area contributed by atoms with Crippen molar-refractivity contribution in [2.24, 2.45) is 0 Å². The average Bonchev–Trinajstić information content (AvgIpc) is 2.61. The topological polar surface area (TPSA) is 75.7 Å². The molecule has 0 aliphatic carbocycles. The highest BCUT2D eigenvalue weighted by Crippen LogP contribution is 2.19. The number of amides is 2. The van der Waals surface area contributed by atoms with Gasteiger partial charge in [-0.05, 0) is 55.3 Å². The highest BCUT2D eigenvalue weighted by Gasteiger charge is 2.17. The molecule has 0 fully saturated rings. The summed E-state index contributed by atoms with van der Waals surface area (Å²) < 4.78 is 4.67. The van der Waals surface area contributed by atoms with Crippen LogP contribution in [-0.4, -0.2) is 31.4 Å². The lowest BCUT2D eigenvalue weighted by Crippen LogP contribution is -2.36. The molecule has 0 atom stereocenters. The van der Waals surface area contributed by atoms with E-state index in [1.165, 1.54) is 25.0 Å². The number of anilines is 2. The number of carbonyl (C=O) groups excluding carboxylic acids is 3. The summed E-state index contributed by atoms with van der Waals surface area (Å²) in [6, 6.07) is 12.0. The number of nitrogens with zero attached hydrogens (tertiary/aromatic N) is 1. The van der Waals surface area contributed by atoms with Crippen LogP contribution in [0.15, 0.2) is 42.5 Å². The van der Waals surface area contributed by atoms with Crippen LogP contribution in [0.3, 0.4) is 0 Å². The van der Waals surface area contributed by atoms with Crippen molar-refractivity contribution in [2.45, 2.75) is 20.8 Å². The molecule has 2 aromatic rings. The Morgan fingerprint density at radius 1 is 1.04 bits per heavy atom. The van der Waals surface area contributed by atoms with Crippen LogP contribution in [0, 0.1) is 13.8 Å².